The summed E-state index contributed by atoms with van der Waals surface area (Å²) in [6, 6.07) is 11.8. The highest BCUT2D eigenvalue weighted by Gasteiger charge is 2.05. The van der Waals surface area contributed by atoms with Crippen molar-refractivity contribution in [3.05, 3.63) is 57.5 Å². The van der Waals surface area contributed by atoms with E-state index in [4.69, 9.17) is 11.6 Å². The van der Waals surface area contributed by atoms with Gasteiger partial charge in [0.05, 0.1) is 11.1 Å². The predicted molar refractivity (Wildman–Crippen MR) is 88.9 cm³/mol. The first-order chi connectivity index (χ1) is 9.95. The summed E-state index contributed by atoms with van der Waals surface area (Å²) in [5, 5.41) is 15.4. The van der Waals surface area contributed by atoms with Crippen LogP contribution in [0.4, 0.5) is 16.2 Å². The molecule has 6 heteroatoms. The second-order valence-electron chi connectivity index (χ2n) is 4.51. The Morgan fingerprint density at radius 1 is 1.14 bits per heavy atom. The number of aliphatic hydroxyl groups is 1. The second kappa shape index (κ2) is 6.93. The molecule has 2 aromatic carbocycles. The maximum atomic E-state index is 11.9. The van der Waals surface area contributed by atoms with Gasteiger partial charge in [-0.25, -0.2) is 4.79 Å². The zero-order chi connectivity index (χ0) is 15.4. The Hall–Kier alpha value is -1.56. The minimum atomic E-state index is -0.528. The van der Waals surface area contributed by atoms with Crippen LogP contribution in [0.5, 0.6) is 0 Å². The Kier molecular flexibility index (Phi) is 5.22. The van der Waals surface area contributed by atoms with Crippen LogP contribution in [0.25, 0.3) is 0 Å². The Morgan fingerprint density at radius 2 is 1.71 bits per heavy atom. The highest BCUT2D eigenvalue weighted by Crippen LogP contribution is 2.25. The largest absolute Gasteiger partial charge is 0.389 e. The number of carbonyl (C=O) groups excluding carboxylic acids is 1. The van der Waals surface area contributed by atoms with Crippen molar-refractivity contribution >= 4 is 44.9 Å². The SMILES string of the molecule is CC(O)c1ccc(NC(=O)Nc2ccc(Cl)c(Br)c2)cc1. The lowest BCUT2D eigenvalue weighted by atomic mass is 10.1. The average Bonchev–Trinajstić information content (AvgIpc) is 2.43. The number of rotatable bonds is 3. The van der Waals surface area contributed by atoms with Crippen LogP contribution in [0.15, 0.2) is 46.9 Å². The molecule has 0 bridgehead atoms. The zero-order valence-electron chi connectivity index (χ0n) is 11.2. The standard InChI is InChI=1S/C15H14BrClN2O2/c1-9(20)10-2-4-11(5-3-10)18-15(21)19-12-6-7-14(17)13(16)8-12/h2-9,20H,1H3,(H2,18,19,21). The summed E-state index contributed by atoms with van der Waals surface area (Å²) >= 11 is 9.19. The lowest BCUT2D eigenvalue weighted by Crippen LogP contribution is -2.19. The third-order valence-corrected chi connectivity index (χ3v) is 4.04. The Morgan fingerprint density at radius 3 is 2.29 bits per heavy atom. The summed E-state index contributed by atoms with van der Waals surface area (Å²) in [5.74, 6) is 0. The number of halogens is 2. The monoisotopic (exact) mass is 368 g/mol. The van der Waals surface area contributed by atoms with Gasteiger partial charge in [0.15, 0.2) is 0 Å². The lowest BCUT2D eigenvalue weighted by Gasteiger charge is -2.10. The molecule has 110 valence electrons. The van der Waals surface area contributed by atoms with E-state index in [1.165, 1.54) is 0 Å². The van der Waals surface area contributed by atoms with E-state index in [1.807, 2.05) is 0 Å². The first-order valence-electron chi connectivity index (χ1n) is 6.27. The molecule has 1 atom stereocenters. The van der Waals surface area contributed by atoms with Crippen molar-refractivity contribution in [2.45, 2.75) is 13.0 Å². The third kappa shape index (κ3) is 4.46. The summed E-state index contributed by atoms with van der Waals surface area (Å²) in [6.45, 7) is 1.69. The first kappa shape index (κ1) is 15.8. The summed E-state index contributed by atoms with van der Waals surface area (Å²) in [7, 11) is 0. The van der Waals surface area contributed by atoms with Gasteiger partial charge in [-0.2, -0.15) is 0 Å². The topological polar surface area (TPSA) is 61.4 Å². The fraction of sp³-hybridized carbons (Fsp3) is 0.133. The highest BCUT2D eigenvalue weighted by molar-refractivity contribution is 9.10. The average molecular weight is 370 g/mol. The van der Waals surface area contributed by atoms with Crippen LogP contribution in [0.3, 0.4) is 0 Å². The summed E-state index contributed by atoms with van der Waals surface area (Å²) in [6.07, 6.45) is -0.528. The van der Waals surface area contributed by atoms with Gasteiger partial charge in [-0.15, -0.1) is 0 Å². The van der Waals surface area contributed by atoms with Crippen molar-refractivity contribution in [1.29, 1.82) is 0 Å². The van der Waals surface area contributed by atoms with Crippen LogP contribution in [0.1, 0.15) is 18.6 Å². The Labute approximate surface area is 136 Å². The highest BCUT2D eigenvalue weighted by atomic mass is 79.9. The van der Waals surface area contributed by atoms with Crippen LogP contribution in [0.2, 0.25) is 5.02 Å². The Bertz CT molecular complexity index is 645. The van der Waals surface area contributed by atoms with E-state index in [1.54, 1.807) is 49.4 Å². The molecule has 2 rings (SSSR count). The van der Waals surface area contributed by atoms with Gasteiger partial charge in [-0.3, -0.25) is 0 Å². The van der Waals surface area contributed by atoms with Crippen LogP contribution >= 0.6 is 27.5 Å². The van der Waals surface area contributed by atoms with Gasteiger partial charge in [0.2, 0.25) is 0 Å². The molecule has 0 aromatic heterocycles. The molecule has 2 aromatic rings. The number of carbonyl (C=O) groups is 1. The number of amides is 2. The van der Waals surface area contributed by atoms with E-state index in [-0.39, 0.29) is 6.03 Å². The fourth-order valence-electron chi connectivity index (χ4n) is 1.71. The molecule has 0 heterocycles. The molecule has 0 aliphatic heterocycles. The van der Waals surface area contributed by atoms with E-state index in [0.29, 0.717) is 20.9 Å². The van der Waals surface area contributed by atoms with Gasteiger partial charge in [-0.05, 0) is 58.7 Å². The van der Waals surface area contributed by atoms with Crippen molar-refractivity contribution in [2.24, 2.45) is 0 Å². The molecule has 0 radical (unpaired) electrons. The molecule has 2 amide bonds. The second-order valence-corrected chi connectivity index (χ2v) is 5.77. The van der Waals surface area contributed by atoms with Gasteiger partial charge in [0, 0.05) is 15.8 Å². The number of aliphatic hydroxyl groups excluding tert-OH is 1. The van der Waals surface area contributed by atoms with E-state index in [2.05, 4.69) is 26.6 Å². The normalized spacial score (nSPS) is 11.8. The number of nitrogens with one attached hydrogen (secondary N) is 2. The van der Waals surface area contributed by atoms with Crippen molar-refractivity contribution < 1.29 is 9.90 Å². The Balaban J connectivity index is 1.99. The predicted octanol–water partition coefficient (Wildman–Crippen LogP) is 4.80. The molecule has 3 N–H and O–H groups in total. The molecule has 0 spiro atoms. The van der Waals surface area contributed by atoms with Crippen LogP contribution in [0, 0.1) is 0 Å². The van der Waals surface area contributed by atoms with Crippen LogP contribution in [-0.2, 0) is 0 Å². The van der Waals surface area contributed by atoms with Crippen molar-refractivity contribution in [2.75, 3.05) is 10.6 Å². The molecule has 0 aliphatic rings. The molecule has 0 aliphatic carbocycles. The zero-order valence-corrected chi connectivity index (χ0v) is 13.6. The number of anilines is 2. The van der Waals surface area contributed by atoms with Crippen LogP contribution in [-0.4, -0.2) is 11.1 Å². The molecule has 0 fully saturated rings. The maximum Gasteiger partial charge on any atom is 0.323 e. The van der Waals surface area contributed by atoms with Gasteiger partial charge >= 0.3 is 6.03 Å². The minimum Gasteiger partial charge on any atom is -0.389 e. The number of benzene rings is 2. The van der Waals surface area contributed by atoms with Crippen molar-refractivity contribution in [3.63, 3.8) is 0 Å². The van der Waals surface area contributed by atoms with Crippen LogP contribution < -0.4 is 10.6 Å². The summed E-state index contributed by atoms with van der Waals surface area (Å²) in [5.41, 5.74) is 2.07. The minimum absolute atomic E-state index is 0.353. The van der Waals surface area contributed by atoms with Gasteiger partial charge in [-0.1, -0.05) is 23.7 Å². The number of urea groups is 1. The number of hydrogen-bond donors (Lipinski definition) is 3. The van der Waals surface area contributed by atoms with Crippen molar-refractivity contribution in [1.82, 2.24) is 0 Å². The molecule has 0 saturated heterocycles. The quantitative estimate of drug-likeness (QED) is 0.728. The first-order valence-corrected chi connectivity index (χ1v) is 7.44. The van der Waals surface area contributed by atoms with E-state index < -0.39 is 6.10 Å². The van der Waals surface area contributed by atoms with Crippen molar-refractivity contribution in [3.8, 4) is 0 Å². The van der Waals surface area contributed by atoms with Gasteiger partial charge in [0.1, 0.15) is 0 Å². The fourth-order valence-corrected chi connectivity index (χ4v) is 2.21. The van der Waals surface area contributed by atoms with E-state index >= 15 is 0 Å². The number of hydrogen-bond acceptors (Lipinski definition) is 2. The maximum absolute atomic E-state index is 11.9. The van der Waals surface area contributed by atoms with E-state index in [0.717, 1.165) is 5.56 Å². The molecule has 0 saturated carbocycles. The molecule has 1 unspecified atom stereocenters. The smallest absolute Gasteiger partial charge is 0.323 e. The molecular weight excluding hydrogens is 356 g/mol. The summed E-state index contributed by atoms with van der Waals surface area (Å²) < 4.78 is 0.711. The molecular formula is C15H14BrClN2O2. The molecule has 4 nitrogen and oxygen atoms in total. The summed E-state index contributed by atoms with van der Waals surface area (Å²) in [4.78, 5) is 11.9. The molecule has 21 heavy (non-hydrogen) atoms. The third-order valence-electron chi connectivity index (χ3n) is 2.83. The lowest BCUT2D eigenvalue weighted by molar-refractivity contribution is 0.199. The van der Waals surface area contributed by atoms with E-state index in [9.17, 15) is 9.90 Å². The van der Waals surface area contributed by atoms with Gasteiger partial charge < -0.3 is 15.7 Å². The van der Waals surface area contributed by atoms with Gasteiger partial charge in [0.25, 0.3) is 0 Å².